The lowest BCUT2D eigenvalue weighted by atomic mass is 9.88. The molecule has 5 heteroatoms. The van der Waals surface area contributed by atoms with Gasteiger partial charge >= 0.3 is 5.97 Å². The number of aromatic nitrogens is 1. The zero-order valence-corrected chi connectivity index (χ0v) is 10.2. The summed E-state index contributed by atoms with van der Waals surface area (Å²) < 4.78 is 0. The van der Waals surface area contributed by atoms with Crippen LogP contribution in [0.3, 0.4) is 0 Å². The van der Waals surface area contributed by atoms with Crippen molar-refractivity contribution in [3.8, 4) is 0 Å². The predicted octanol–water partition coefficient (Wildman–Crippen LogP) is 2.20. The first-order valence-electron chi connectivity index (χ1n) is 4.69. The summed E-state index contributed by atoms with van der Waals surface area (Å²) in [4.78, 5) is 15.6. The summed E-state index contributed by atoms with van der Waals surface area (Å²) in [7, 11) is 0. The molecule has 84 valence electrons. The molecule has 1 aromatic heterocycles. The van der Waals surface area contributed by atoms with Gasteiger partial charge in [0.15, 0.2) is 5.69 Å². The Labute approximate surface area is 93.1 Å². The van der Waals surface area contributed by atoms with E-state index < -0.39 is 5.97 Å². The fourth-order valence-corrected chi connectivity index (χ4v) is 2.28. The molecule has 0 bridgehead atoms. The van der Waals surface area contributed by atoms with E-state index in [1.54, 1.807) is 6.92 Å². The normalized spacial score (nSPS) is 13.9. The molecule has 1 unspecified atom stereocenters. The Balaban J connectivity index is 3.08. The average Bonchev–Trinajstić information content (AvgIpc) is 2.44. The molecule has 0 fully saturated rings. The molecule has 0 amide bonds. The first kappa shape index (κ1) is 12.1. The molecule has 0 aliphatic rings. The Morgan fingerprint density at radius 1 is 1.53 bits per heavy atom. The minimum Gasteiger partial charge on any atom is -0.476 e. The standard InChI is InChI=1S/C10H16N2O2S/c1-5-6(9(13)14)12-8(15-5)7(11)10(2,3)4/h7H,11H2,1-4H3,(H,13,14). The van der Waals surface area contributed by atoms with Crippen LogP contribution in [0.1, 0.15) is 47.2 Å². The van der Waals surface area contributed by atoms with Gasteiger partial charge in [-0.1, -0.05) is 20.8 Å². The molecule has 0 aromatic carbocycles. The van der Waals surface area contributed by atoms with Gasteiger partial charge in [-0.25, -0.2) is 9.78 Å². The second-order valence-corrected chi connectivity index (χ2v) is 5.84. The van der Waals surface area contributed by atoms with Crippen LogP contribution in [0.25, 0.3) is 0 Å². The molecule has 0 spiro atoms. The van der Waals surface area contributed by atoms with E-state index in [4.69, 9.17) is 10.8 Å². The third kappa shape index (κ3) is 2.54. The number of carboxylic acids is 1. The summed E-state index contributed by atoms with van der Waals surface area (Å²) in [5.41, 5.74) is 6.02. The maximum Gasteiger partial charge on any atom is 0.355 e. The smallest absolute Gasteiger partial charge is 0.355 e. The Kier molecular flexibility index (Phi) is 3.16. The van der Waals surface area contributed by atoms with Gasteiger partial charge in [0.25, 0.3) is 0 Å². The van der Waals surface area contributed by atoms with Crippen LogP contribution >= 0.6 is 11.3 Å². The number of thiazole rings is 1. The Morgan fingerprint density at radius 2 is 2.07 bits per heavy atom. The van der Waals surface area contributed by atoms with E-state index in [1.807, 2.05) is 20.8 Å². The zero-order valence-electron chi connectivity index (χ0n) is 9.37. The summed E-state index contributed by atoms with van der Waals surface area (Å²) in [6.07, 6.45) is 0. The number of aromatic carboxylic acids is 1. The molecular weight excluding hydrogens is 212 g/mol. The van der Waals surface area contributed by atoms with Crippen LogP contribution in [-0.2, 0) is 0 Å². The van der Waals surface area contributed by atoms with E-state index in [2.05, 4.69) is 4.98 Å². The third-order valence-electron chi connectivity index (χ3n) is 2.21. The molecular formula is C10H16N2O2S. The fraction of sp³-hybridized carbons (Fsp3) is 0.600. The SMILES string of the molecule is Cc1sc(C(N)C(C)(C)C)nc1C(=O)O. The van der Waals surface area contributed by atoms with Gasteiger partial charge in [-0.3, -0.25) is 0 Å². The van der Waals surface area contributed by atoms with Crippen LogP contribution in [0.4, 0.5) is 0 Å². The molecule has 4 nitrogen and oxygen atoms in total. The van der Waals surface area contributed by atoms with Crippen molar-refractivity contribution < 1.29 is 9.90 Å². The van der Waals surface area contributed by atoms with E-state index in [-0.39, 0.29) is 17.2 Å². The van der Waals surface area contributed by atoms with Gasteiger partial charge in [-0.05, 0) is 12.3 Å². The summed E-state index contributed by atoms with van der Waals surface area (Å²) in [6, 6.07) is -0.228. The maximum atomic E-state index is 10.8. The zero-order chi connectivity index (χ0) is 11.8. The lowest BCUT2D eigenvalue weighted by Crippen LogP contribution is -2.26. The van der Waals surface area contributed by atoms with E-state index in [0.29, 0.717) is 9.88 Å². The number of hydrogen-bond donors (Lipinski definition) is 2. The lowest BCUT2D eigenvalue weighted by molar-refractivity contribution is 0.0690. The van der Waals surface area contributed by atoms with Crippen LogP contribution < -0.4 is 5.73 Å². The first-order chi connectivity index (χ1) is 6.73. The van der Waals surface area contributed by atoms with Gasteiger partial charge in [0.05, 0.1) is 6.04 Å². The Hall–Kier alpha value is -0.940. The van der Waals surface area contributed by atoms with Gasteiger partial charge < -0.3 is 10.8 Å². The predicted molar refractivity (Wildman–Crippen MR) is 60.2 cm³/mol. The van der Waals surface area contributed by atoms with E-state index >= 15 is 0 Å². The minimum atomic E-state index is -0.990. The van der Waals surface area contributed by atoms with Crippen LogP contribution in [0.15, 0.2) is 0 Å². The van der Waals surface area contributed by atoms with Gasteiger partial charge in [-0.2, -0.15) is 0 Å². The number of carboxylic acid groups (broad SMARTS) is 1. The molecule has 0 saturated heterocycles. The summed E-state index contributed by atoms with van der Waals surface area (Å²) in [5, 5.41) is 9.56. The molecule has 3 N–H and O–H groups in total. The van der Waals surface area contributed by atoms with Crippen LogP contribution in [0.5, 0.6) is 0 Å². The van der Waals surface area contributed by atoms with Gasteiger partial charge in [0.2, 0.25) is 0 Å². The highest BCUT2D eigenvalue weighted by Crippen LogP contribution is 2.33. The van der Waals surface area contributed by atoms with Crippen molar-refractivity contribution in [3.05, 3.63) is 15.6 Å². The van der Waals surface area contributed by atoms with Crippen molar-refractivity contribution in [1.29, 1.82) is 0 Å². The third-order valence-corrected chi connectivity index (χ3v) is 3.27. The van der Waals surface area contributed by atoms with Crippen molar-refractivity contribution in [1.82, 2.24) is 4.98 Å². The van der Waals surface area contributed by atoms with Crippen LogP contribution in [0, 0.1) is 12.3 Å². The lowest BCUT2D eigenvalue weighted by Gasteiger charge is -2.24. The first-order valence-corrected chi connectivity index (χ1v) is 5.51. The molecule has 0 aliphatic heterocycles. The highest BCUT2D eigenvalue weighted by atomic mass is 32.1. The van der Waals surface area contributed by atoms with Gasteiger partial charge in [0, 0.05) is 4.88 Å². The highest BCUT2D eigenvalue weighted by molar-refractivity contribution is 7.11. The van der Waals surface area contributed by atoms with Crippen molar-refractivity contribution >= 4 is 17.3 Å². The number of hydrogen-bond acceptors (Lipinski definition) is 4. The summed E-state index contributed by atoms with van der Waals surface area (Å²) >= 11 is 1.36. The van der Waals surface area contributed by atoms with Crippen molar-refractivity contribution in [2.45, 2.75) is 33.7 Å². The van der Waals surface area contributed by atoms with E-state index in [1.165, 1.54) is 11.3 Å². The number of aryl methyl sites for hydroxylation is 1. The summed E-state index contributed by atoms with van der Waals surface area (Å²) in [5.74, 6) is -0.990. The molecule has 0 aliphatic carbocycles. The minimum absolute atomic E-state index is 0.111. The monoisotopic (exact) mass is 228 g/mol. The van der Waals surface area contributed by atoms with Crippen molar-refractivity contribution in [3.63, 3.8) is 0 Å². The second kappa shape index (κ2) is 3.90. The molecule has 15 heavy (non-hydrogen) atoms. The van der Waals surface area contributed by atoms with Gasteiger partial charge in [0.1, 0.15) is 5.01 Å². The number of carbonyl (C=O) groups is 1. The van der Waals surface area contributed by atoms with Crippen molar-refractivity contribution in [2.24, 2.45) is 11.1 Å². The summed E-state index contributed by atoms with van der Waals surface area (Å²) in [6.45, 7) is 7.78. The second-order valence-electron chi connectivity index (χ2n) is 4.61. The quantitative estimate of drug-likeness (QED) is 0.813. The molecule has 1 aromatic rings. The fourth-order valence-electron chi connectivity index (χ4n) is 1.12. The molecule has 1 atom stereocenters. The van der Waals surface area contributed by atoms with E-state index in [0.717, 1.165) is 0 Å². The molecule has 1 heterocycles. The van der Waals surface area contributed by atoms with Crippen LogP contribution in [-0.4, -0.2) is 16.1 Å². The van der Waals surface area contributed by atoms with E-state index in [9.17, 15) is 4.79 Å². The largest absolute Gasteiger partial charge is 0.476 e. The molecule has 1 rings (SSSR count). The number of rotatable bonds is 2. The van der Waals surface area contributed by atoms with Crippen molar-refractivity contribution in [2.75, 3.05) is 0 Å². The maximum absolute atomic E-state index is 10.8. The number of nitrogens with zero attached hydrogens (tertiary/aromatic N) is 1. The van der Waals surface area contributed by atoms with Crippen LogP contribution in [0.2, 0.25) is 0 Å². The molecule has 0 saturated carbocycles. The van der Waals surface area contributed by atoms with Gasteiger partial charge in [-0.15, -0.1) is 11.3 Å². The molecule has 0 radical (unpaired) electrons. The highest BCUT2D eigenvalue weighted by Gasteiger charge is 2.27. The topological polar surface area (TPSA) is 76.2 Å². The Bertz CT molecular complexity index is 379. The average molecular weight is 228 g/mol. The number of nitrogens with two attached hydrogens (primary N) is 1. The Morgan fingerprint density at radius 3 is 2.40 bits per heavy atom.